The Bertz CT molecular complexity index is 368. The van der Waals surface area contributed by atoms with Gasteiger partial charge < -0.3 is 4.81 Å². The van der Waals surface area contributed by atoms with Crippen LogP contribution in [0.1, 0.15) is 6.42 Å². The predicted molar refractivity (Wildman–Crippen MR) is 56.7 cm³/mol. The van der Waals surface area contributed by atoms with E-state index in [0.717, 1.165) is 6.21 Å². The van der Waals surface area contributed by atoms with Crippen molar-refractivity contribution in [2.75, 3.05) is 7.05 Å². The Morgan fingerprint density at radius 2 is 2.27 bits per heavy atom. The van der Waals surface area contributed by atoms with E-state index in [9.17, 15) is 8.78 Å². The van der Waals surface area contributed by atoms with Gasteiger partial charge in [0.05, 0.1) is 11.8 Å². The molecule has 0 amide bonds. The highest BCUT2D eigenvalue weighted by Gasteiger charge is 2.47. The molecule has 2 aliphatic rings. The van der Waals surface area contributed by atoms with Crippen molar-refractivity contribution in [1.82, 2.24) is 4.81 Å². The van der Waals surface area contributed by atoms with E-state index in [1.54, 1.807) is 26.1 Å². The minimum absolute atomic E-state index is 0.0672. The highest BCUT2D eigenvalue weighted by atomic mass is 19.1. The summed E-state index contributed by atoms with van der Waals surface area (Å²) in [7, 11) is 3.51. The number of alkyl halides is 1. The van der Waals surface area contributed by atoms with E-state index < -0.39 is 17.3 Å². The van der Waals surface area contributed by atoms with Crippen LogP contribution in [-0.4, -0.2) is 43.0 Å². The third-order valence-electron chi connectivity index (χ3n) is 2.83. The molecule has 0 aromatic rings. The maximum absolute atomic E-state index is 13.9. The number of hydrogen-bond donors (Lipinski definition) is 0. The number of aliphatic imine (C=N–C) groups is 2. The summed E-state index contributed by atoms with van der Waals surface area (Å²) in [6.45, 7) is 1.80. The molecule has 2 bridgehead atoms. The Labute approximate surface area is 87.8 Å². The largest absolute Gasteiger partial charge is 0.337 e. The van der Waals surface area contributed by atoms with E-state index in [1.807, 2.05) is 0 Å². The average molecular weight is 210 g/mol. The SMILES string of the molecule is C[B]N(C)C12C=NC(F)(C=NC(F)=C1)C2. The second-order valence-corrected chi connectivity index (χ2v) is 3.84. The Hall–Kier alpha value is -1.04. The molecule has 2 unspecified atom stereocenters. The Kier molecular flexibility index (Phi) is 2.26. The lowest BCUT2D eigenvalue weighted by atomic mass is 9.83. The molecule has 0 spiro atoms. The molecule has 0 saturated heterocycles. The fourth-order valence-corrected chi connectivity index (χ4v) is 1.84. The number of halogens is 2. The van der Waals surface area contributed by atoms with Gasteiger partial charge in [-0.05, 0) is 13.1 Å². The highest BCUT2D eigenvalue weighted by molar-refractivity contribution is 6.30. The first-order chi connectivity index (χ1) is 7.00. The minimum atomic E-state index is -1.87. The molecule has 1 radical (unpaired) electrons. The maximum Gasteiger partial charge on any atom is 0.237 e. The molecule has 0 saturated carbocycles. The third kappa shape index (κ3) is 1.63. The Morgan fingerprint density at radius 3 is 2.93 bits per heavy atom. The van der Waals surface area contributed by atoms with Crippen LogP contribution in [-0.2, 0) is 0 Å². The van der Waals surface area contributed by atoms with Gasteiger partial charge in [0.15, 0.2) is 0 Å². The van der Waals surface area contributed by atoms with Gasteiger partial charge in [-0.1, -0.05) is 6.82 Å². The zero-order chi connectivity index (χ0) is 11.1. The van der Waals surface area contributed by atoms with Gasteiger partial charge in [0.2, 0.25) is 19.2 Å². The Balaban J connectivity index is 2.43. The summed E-state index contributed by atoms with van der Waals surface area (Å²) in [6, 6.07) is 0. The van der Waals surface area contributed by atoms with E-state index in [1.165, 1.54) is 12.3 Å². The summed E-state index contributed by atoms with van der Waals surface area (Å²) in [6.07, 6.45) is 3.73. The molecule has 0 aromatic heterocycles. The molecule has 2 rings (SSSR count). The van der Waals surface area contributed by atoms with Crippen LogP contribution in [0.5, 0.6) is 0 Å². The van der Waals surface area contributed by atoms with E-state index in [2.05, 4.69) is 9.98 Å². The minimum Gasteiger partial charge on any atom is -0.337 e. The number of hydrogen-bond acceptors (Lipinski definition) is 3. The average Bonchev–Trinajstić information content (AvgIpc) is 2.46. The topological polar surface area (TPSA) is 28.0 Å². The summed E-state index contributed by atoms with van der Waals surface area (Å²) < 4.78 is 27.1. The van der Waals surface area contributed by atoms with E-state index >= 15 is 0 Å². The molecule has 15 heavy (non-hydrogen) atoms. The molecular formula is C9H11BF2N3. The van der Waals surface area contributed by atoms with Crippen LogP contribution >= 0.6 is 0 Å². The van der Waals surface area contributed by atoms with E-state index in [-0.39, 0.29) is 6.42 Å². The number of nitrogens with zero attached hydrogens (tertiary/aromatic N) is 3. The fourth-order valence-electron chi connectivity index (χ4n) is 1.84. The summed E-state index contributed by atoms with van der Waals surface area (Å²) >= 11 is 0. The van der Waals surface area contributed by atoms with Gasteiger partial charge in [-0.3, -0.25) is 4.99 Å². The second-order valence-electron chi connectivity index (χ2n) is 3.84. The summed E-state index contributed by atoms with van der Waals surface area (Å²) in [5, 5.41) is 0. The van der Waals surface area contributed by atoms with Crippen LogP contribution in [0.2, 0.25) is 6.82 Å². The van der Waals surface area contributed by atoms with Crippen LogP contribution in [0.3, 0.4) is 0 Å². The zero-order valence-electron chi connectivity index (χ0n) is 8.61. The lowest BCUT2D eigenvalue weighted by Crippen LogP contribution is -2.47. The molecule has 0 fully saturated rings. The van der Waals surface area contributed by atoms with Gasteiger partial charge in [-0.25, -0.2) is 9.38 Å². The summed E-state index contributed by atoms with van der Waals surface area (Å²) in [5.41, 5.74) is -0.829. The molecule has 6 heteroatoms. The highest BCUT2D eigenvalue weighted by Crippen LogP contribution is 2.37. The molecule has 0 aliphatic carbocycles. The fraction of sp³-hybridized carbons (Fsp3) is 0.556. The maximum atomic E-state index is 13.9. The monoisotopic (exact) mass is 210 g/mol. The van der Waals surface area contributed by atoms with Crippen molar-refractivity contribution in [3.63, 3.8) is 0 Å². The van der Waals surface area contributed by atoms with Crippen LogP contribution < -0.4 is 0 Å². The van der Waals surface area contributed by atoms with Crippen molar-refractivity contribution in [3.8, 4) is 0 Å². The molecule has 2 heterocycles. The van der Waals surface area contributed by atoms with Crippen molar-refractivity contribution in [1.29, 1.82) is 0 Å². The van der Waals surface area contributed by atoms with Gasteiger partial charge in [0, 0.05) is 12.6 Å². The number of rotatable bonds is 2. The lowest BCUT2D eigenvalue weighted by Gasteiger charge is -2.33. The van der Waals surface area contributed by atoms with Gasteiger partial charge >= 0.3 is 0 Å². The van der Waals surface area contributed by atoms with Crippen molar-refractivity contribution >= 4 is 19.8 Å². The van der Waals surface area contributed by atoms with Crippen molar-refractivity contribution in [2.24, 2.45) is 9.98 Å². The molecule has 79 valence electrons. The molecule has 3 nitrogen and oxygen atoms in total. The predicted octanol–water partition coefficient (Wildman–Crippen LogP) is 1.36. The lowest BCUT2D eigenvalue weighted by molar-refractivity contribution is 0.225. The van der Waals surface area contributed by atoms with E-state index in [0.29, 0.717) is 0 Å². The van der Waals surface area contributed by atoms with Crippen molar-refractivity contribution in [3.05, 3.63) is 12.0 Å². The normalized spacial score (nSPS) is 38.1. The zero-order valence-corrected chi connectivity index (χ0v) is 8.61. The first-order valence-corrected chi connectivity index (χ1v) is 4.71. The Morgan fingerprint density at radius 1 is 1.53 bits per heavy atom. The van der Waals surface area contributed by atoms with Crippen molar-refractivity contribution in [2.45, 2.75) is 24.6 Å². The molecule has 0 N–H and O–H groups in total. The third-order valence-corrected chi connectivity index (χ3v) is 2.83. The van der Waals surface area contributed by atoms with Gasteiger partial charge in [0.1, 0.15) is 0 Å². The molecule has 2 aliphatic heterocycles. The molecule has 0 aromatic carbocycles. The summed E-state index contributed by atoms with van der Waals surface area (Å²) in [5.74, 6) is -2.55. The standard InChI is InChI=1S/C9H11BF2N3/c1-10-15(2)8-3-7(11)13-6-9(12,4-8)14-5-8/h3,5-6H,4H2,1-2H3. The quantitative estimate of drug-likeness (QED) is 0.499. The molecule has 2 atom stereocenters. The van der Waals surface area contributed by atoms with Crippen molar-refractivity contribution < 1.29 is 8.78 Å². The summed E-state index contributed by atoms with van der Waals surface area (Å²) in [4.78, 5) is 8.86. The smallest absolute Gasteiger partial charge is 0.237 e. The van der Waals surface area contributed by atoms with Gasteiger partial charge in [-0.2, -0.15) is 4.39 Å². The van der Waals surface area contributed by atoms with Gasteiger partial charge in [0.25, 0.3) is 0 Å². The second kappa shape index (κ2) is 3.23. The first kappa shape index (κ1) is 10.5. The van der Waals surface area contributed by atoms with Crippen LogP contribution in [0.15, 0.2) is 22.0 Å². The van der Waals surface area contributed by atoms with Gasteiger partial charge in [-0.15, -0.1) is 0 Å². The van der Waals surface area contributed by atoms with Crippen LogP contribution in [0.4, 0.5) is 8.78 Å². The van der Waals surface area contributed by atoms with Crippen LogP contribution in [0, 0.1) is 0 Å². The number of fused-ring (bicyclic) bond motifs is 2. The first-order valence-electron chi connectivity index (χ1n) is 4.71. The number of likely N-dealkylation sites (N-methyl/N-ethyl adjacent to an activating group) is 1. The molecular weight excluding hydrogens is 199 g/mol. The van der Waals surface area contributed by atoms with E-state index in [4.69, 9.17) is 0 Å². The van der Waals surface area contributed by atoms with Crippen LogP contribution in [0.25, 0.3) is 0 Å².